The van der Waals surface area contributed by atoms with Crippen molar-refractivity contribution in [2.75, 3.05) is 0 Å². The molecule has 1 amide bonds. The van der Waals surface area contributed by atoms with Crippen molar-refractivity contribution in [1.29, 1.82) is 0 Å². The number of rotatable bonds is 4. The van der Waals surface area contributed by atoms with E-state index in [1.165, 1.54) is 18.2 Å². The van der Waals surface area contributed by atoms with Crippen molar-refractivity contribution < 1.29 is 19.5 Å². The van der Waals surface area contributed by atoms with Gasteiger partial charge in [-0.2, -0.15) is 0 Å². The quantitative estimate of drug-likeness (QED) is 0.505. The minimum absolute atomic E-state index is 0.0977. The predicted octanol–water partition coefficient (Wildman–Crippen LogP) is 2.02. The number of aldehydes is 1. The molecule has 6 nitrogen and oxygen atoms in total. The van der Waals surface area contributed by atoms with Crippen LogP contribution >= 0.6 is 0 Å². The van der Waals surface area contributed by atoms with E-state index in [0.717, 1.165) is 0 Å². The molecule has 0 saturated carbocycles. The lowest BCUT2D eigenvalue weighted by Crippen LogP contribution is -2.12. The number of carbonyl (C=O) groups is 3. The first-order valence-corrected chi connectivity index (χ1v) is 6.75. The molecule has 114 valence electrons. The fourth-order valence-electron chi connectivity index (χ4n) is 2.44. The van der Waals surface area contributed by atoms with E-state index in [4.69, 9.17) is 5.73 Å². The Morgan fingerprint density at radius 3 is 2.43 bits per heavy atom. The van der Waals surface area contributed by atoms with Gasteiger partial charge in [-0.3, -0.25) is 14.4 Å². The Bertz CT molecular complexity index is 956. The van der Waals surface area contributed by atoms with E-state index in [1.807, 2.05) is 0 Å². The highest BCUT2D eigenvalue weighted by Crippen LogP contribution is 2.27. The van der Waals surface area contributed by atoms with E-state index in [0.29, 0.717) is 28.3 Å². The van der Waals surface area contributed by atoms with Crippen LogP contribution in [0.3, 0.4) is 0 Å². The molecule has 0 bridgehead atoms. The topological polar surface area (TPSA) is 113 Å². The Labute approximate surface area is 130 Å². The fraction of sp³-hybridized carbons (Fsp3) is 0. The largest absolute Gasteiger partial charge is 0.494 e. The van der Waals surface area contributed by atoms with Gasteiger partial charge in [-0.25, -0.2) is 0 Å². The number of aromatic nitrogens is 1. The first-order chi connectivity index (χ1) is 11.0. The number of primary amides is 1. The molecule has 4 N–H and O–H groups in total. The minimum atomic E-state index is -0.617. The average Bonchev–Trinajstić information content (AvgIpc) is 2.88. The van der Waals surface area contributed by atoms with Crippen LogP contribution in [0.4, 0.5) is 0 Å². The zero-order valence-electron chi connectivity index (χ0n) is 11.9. The maximum Gasteiger partial charge on any atom is 0.248 e. The number of ketones is 1. The van der Waals surface area contributed by atoms with Crippen LogP contribution in [0.2, 0.25) is 0 Å². The second-order valence-corrected chi connectivity index (χ2v) is 5.04. The summed E-state index contributed by atoms with van der Waals surface area (Å²) in [4.78, 5) is 37.5. The smallest absolute Gasteiger partial charge is 0.248 e. The van der Waals surface area contributed by atoms with Gasteiger partial charge >= 0.3 is 0 Å². The summed E-state index contributed by atoms with van der Waals surface area (Å²) >= 11 is 0. The molecule has 6 heteroatoms. The third kappa shape index (κ3) is 2.46. The van der Waals surface area contributed by atoms with Crippen molar-refractivity contribution in [2.24, 2.45) is 5.73 Å². The summed E-state index contributed by atoms with van der Waals surface area (Å²) < 4.78 is 0. The zero-order valence-corrected chi connectivity index (χ0v) is 11.9. The van der Waals surface area contributed by atoms with Crippen LogP contribution in [0.1, 0.15) is 36.6 Å². The fourth-order valence-corrected chi connectivity index (χ4v) is 2.44. The molecule has 1 heterocycles. The number of carbonyl (C=O) groups excluding carboxylic acids is 3. The number of amides is 1. The highest BCUT2D eigenvalue weighted by Gasteiger charge is 2.15. The van der Waals surface area contributed by atoms with Crippen LogP contribution in [0.25, 0.3) is 10.9 Å². The molecule has 3 rings (SSSR count). The molecular weight excluding hydrogens is 296 g/mol. The first-order valence-electron chi connectivity index (χ1n) is 6.75. The second-order valence-electron chi connectivity index (χ2n) is 5.04. The molecule has 0 fully saturated rings. The molecule has 1 aromatic heterocycles. The van der Waals surface area contributed by atoms with Gasteiger partial charge in [-0.15, -0.1) is 0 Å². The van der Waals surface area contributed by atoms with Crippen LogP contribution in [0, 0.1) is 0 Å². The lowest BCUT2D eigenvalue weighted by molar-refractivity contribution is 0.0999. The third-order valence-corrected chi connectivity index (χ3v) is 3.61. The summed E-state index contributed by atoms with van der Waals surface area (Å²) in [6.07, 6.45) is 0.524. The second kappa shape index (κ2) is 5.42. The van der Waals surface area contributed by atoms with Crippen LogP contribution in [0.5, 0.6) is 5.88 Å². The summed E-state index contributed by atoms with van der Waals surface area (Å²) in [5.74, 6) is -1.17. The average molecular weight is 308 g/mol. The van der Waals surface area contributed by atoms with E-state index < -0.39 is 5.91 Å². The Kier molecular flexibility index (Phi) is 3.42. The summed E-state index contributed by atoms with van der Waals surface area (Å²) in [6, 6.07) is 10.8. The van der Waals surface area contributed by atoms with Crippen LogP contribution in [-0.4, -0.2) is 28.1 Å². The molecule has 0 aliphatic heterocycles. The molecular formula is C17H12N2O4. The highest BCUT2D eigenvalue weighted by molar-refractivity contribution is 6.12. The van der Waals surface area contributed by atoms with Gasteiger partial charge in [0.15, 0.2) is 17.9 Å². The van der Waals surface area contributed by atoms with Gasteiger partial charge in [0.25, 0.3) is 0 Å². The van der Waals surface area contributed by atoms with Crippen molar-refractivity contribution in [3.8, 4) is 5.88 Å². The molecule has 0 saturated heterocycles. The Morgan fingerprint density at radius 2 is 1.74 bits per heavy atom. The number of H-pyrrole nitrogens is 1. The summed E-state index contributed by atoms with van der Waals surface area (Å²) in [5, 5.41) is 10.1. The van der Waals surface area contributed by atoms with Crippen molar-refractivity contribution in [1.82, 2.24) is 4.98 Å². The van der Waals surface area contributed by atoms with Crippen molar-refractivity contribution >= 4 is 28.9 Å². The van der Waals surface area contributed by atoms with Crippen molar-refractivity contribution in [3.05, 3.63) is 64.7 Å². The Morgan fingerprint density at radius 1 is 1.04 bits per heavy atom. The molecule has 0 spiro atoms. The van der Waals surface area contributed by atoms with Gasteiger partial charge in [0, 0.05) is 27.6 Å². The Balaban J connectivity index is 2.09. The van der Waals surface area contributed by atoms with E-state index in [1.54, 1.807) is 24.3 Å². The van der Waals surface area contributed by atoms with Gasteiger partial charge in [0.1, 0.15) is 0 Å². The van der Waals surface area contributed by atoms with Crippen LogP contribution in [-0.2, 0) is 0 Å². The molecule has 0 radical (unpaired) electrons. The van der Waals surface area contributed by atoms with E-state index in [2.05, 4.69) is 4.98 Å². The lowest BCUT2D eigenvalue weighted by Gasteiger charge is -2.03. The maximum atomic E-state index is 12.6. The summed E-state index contributed by atoms with van der Waals surface area (Å²) in [6.45, 7) is 0. The van der Waals surface area contributed by atoms with Crippen molar-refractivity contribution in [3.63, 3.8) is 0 Å². The third-order valence-electron chi connectivity index (χ3n) is 3.61. The molecule has 2 aromatic carbocycles. The number of hydrogen-bond donors (Lipinski definition) is 3. The van der Waals surface area contributed by atoms with Gasteiger partial charge in [0.05, 0.1) is 5.56 Å². The minimum Gasteiger partial charge on any atom is -0.494 e. The predicted molar refractivity (Wildman–Crippen MR) is 83.7 cm³/mol. The first kappa shape index (κ1) is 14.5. The number of nitrogens with two attached hydrogens (primary N) is 1. The normalized spacial score (nSPS) is 10.6. The number of aromatic hydroxyl groups is 1. The number of aromatic amines is 1. The summed E-state index contributed by atoms with van der Waals surface area (Å²) in [7, 11) is 0. The number of fused-ring (bicyclic) bond motifs is 1. The SMILES string of the molecule is NC(=O)c1cccc(C(=O)c2ccc3[nH]c(O)c(C=O)c3c2)c1. The van der Waals surface area contributed by atoms with Crippen LogP contribution < -0.4 is 5.73 Å². The standard InChI is InChI=1S/C17H12N2O4/c18-16(22)11-3-1-2-9(6-11)15(21)10-4-5-14-12(7-10)13(8-20)17(23)19-14/h1-8,19,23H,(H2,18,22). The maximum absolute atomic E-state index is 12.6. The van der Waals surface area contributed by atoms with E-state index in [9.17, 15) is 19.5 Å². The molecule has 0 atom stereocenters. The molecule has 0 unspecified atom stereocenters. The van der Waals surface area contributed by atoms with Gasteiger partial charge in [0.2, 0.25) is 5.91 Å². The summed E-state index contributed by atoms with van der Waals surface area (Å²) in [5.41, 5.74) is 6.75. The zero-order chi connectivity index (χ0) is 16.6. The number of benzene rings is 2. The molecule has 23 heavy (non-hydrogen) atoms. The highest BCUT2D eigenvalue weighted by atomic mass is 16.3. The van der Waals surface area contributed by atoms with Gasteiger partial charge in [-0.05, 0) is 30.3 Å². The number of nitrogens with one attached hydrogen (secondary N) is 1. The lowest BCUT2D eigenvalue weighted by atomic mass is 9.99. The van der Waals surface area contributed by atoms with E-state index >= 15 is 0 Å². The van der Waals surface area contributed by atoms with Crippen molar-refractivity contribution in [2.45, 2.75) is 0 Å². The molecule has 0 aliphatic carbocycles. The van der Waals surface area contributed by atoms with E-state index in [-0.39, 0.29) is 22.8 Å². The Hall–Kier alpha value is -3.41. The molecule has 3 aromatic rings. The van der Waals surface area contributed by atoms with Crippen LogP contribution in [0.15, 0.2) is 42.5 Å². The van der Waals surface area contributed by atoms with Gasteiger partial charge < -0.3 is 15.8 Å². The monoisotopic (exact) mass is 308 g/mol. The number of hydrogen-bond acceptors (Lipinski definition) is 4. The van der Waals surface area contributed by atoms with Gasteiger partial charge in [-0.1, -0.05) is 12.1 Å². The molecule has 0 aliphatic rings.